The molecule has 2 heterocycles. The molecule has 10 heteroatoms. The minimum atomic E-state index is -0.978. The van der Waals surface area contributed by atoms with E-state index in [4.69, 9.17) is 15.0 Å². The summed E-state index contributed by atoms with van der Waals surface area (Å²) in [6, 6.07) is 0.389. The van der Waals surface area contributed by atoms with Crippen LogP contribution < -0.4 is 11.2 Å². The highest BCUT2D eigenvalue weighted by atomic mass is 16.6. The monoisotopic (exact) mass is 309 g/mol. The number of aromatic nitrogens is 2. The van der Waals surface area contributed by atoms with Crippen LogP contribution in [-0.2, 0) is 14.3 Å². The maximum atomic E-state index is 11.9. The molecule has 1 aliphatic rings. The summed E-state index contributed by atoms with van der Waals surface area (Å²) >= 11 is 0. The van der Waals surface area contributed by atoms with Crippen molar-refractivity contribution in [2.75, 3.05) is 0 Å². The van der Waals surface area contributed by atoms with Gasteiger partial charge in [-0.25, -0.2) is 4.79 Å². The summed E-state index contributed by atoms with van der Waals surface area (Å²) in [5.41, 5.74) is 7.43. The Labute approximate surface area is 124 Å². The molecule has 0 spiro atoms. The highest BCUT2D eigenvalue weighted by Crippen LogP contribution is 2.34. The molecule has 0 aliphatic carbocycles. The van der Waals surface area contributed by atoms with Crippen LogP contribution in [0.4, 0.5) is 0 Å². The summed E-state index contributed by atoms with van der Waals surface area (Å²) in [4.78, 5) is 39.2. The molecule has 0 radical (unpaired) electrons. The minimum absolute atomic E-state index is 0.496. The van der Waals surface area contributed by atoms with Gasteiger partial charge in [0.2, 0.25) is 0 Å². The van der Waals surface area contributed by atoms with Crippen molar-refractivity contribution in [2.45, 2.75) is 44.7 Å². The van der Waals surface area contributed by atoms with Crippen molar-refractivity contribution in [3.63, 3.8) is 0 Å². The Morgan fingerprint density at radius 3 is 2.86 bits per heavy atom. The number of ether oxygens (including phenoxy) is 2. The number of carbonyl (C=O) groups excluding carboxylic acids is 1. The lowest BCUT2D eigenvalue weighted by molar-refractivity contribution is -0.152. The number of hydrogen-bond acceptors (Lipinski definition) is 6. The number of hydrogen-bond donors (Lipinski definition) is 1. The maximum absolute atomic E-state index is 11.9. The first-order valence-electron chi connectivity index (χ1n) is 6.66. The van der Waals surface area contributed by atoms with Gasteiger partial charge in [-0.2, -0.15) is 0 Å². The van der Waals surface area contributed by atoms with E-state index in [0.29, 0.717) is 6.42 Å². The Bertz CT molecular complexity index is 719. The van der Waals surface area contributed by atoms with Gasteiger partial charge in [0.05, 0.1) is 6.10 Å². The topological polar surface area (TPSA) is 139 Å². The number of rotatable bonds is 4. The van der Waals surface area contributed by atoms with Crippen LogP contribution in [0, 0.1) is 0 Å². The first-order chi connectivity index (χ1) is 10.5. The Hall–Kier alpha value is -2.58. The first kappa shape index (κ1) is 15.8. The van der Waals surface area contributed by atoms with Crippen molar-refractivity contribution >= 4 is 5.97 Å². The quantitative estimate of drug-likeness (QED) is 0.372. The number of azide groups is 1. The summed E-state index contributed by atoms with van der Waals surface area (Å²) in [6.45, 7) is 3.02. The molecule has 1 fully saturated rings. The third kappa shape index (κ3) is 3.02. The van der Waals surface area contributed by atoms with Crippen LogP contribution in [0.3, 0.4) is 0 Å². The zero-order chi connectivity index (χ0) is 16.3. The van der Waals surface area contributed by atoms with Crippen LogP contribution in [0.15, 0.2) is 27.0 Å². The van der Waals surface area contributed by atoms with E-state index in [0.717, 1.165) is 10.6 Å². The van der Waals surface area contributed by atoms with E-state index < -0.39 is 41.7 Å². The largest absolute Gasteiger partial charge is 0.457 e. The minimum Gasteiger partial charge on any atom is -0.457 e. The molecule has 0 aromatic carbocycles. The van der Waals surface area contributed by atoms with Gasteiger partial charge in [-0.05, 0) is 12.0 Å². The van der Waals surface area contributed by atoms with E-state index >= 15 is 0 Å². The zero-order valence-electron chi connectivity index (χ0n) is 12.0. The van der Waals surface area contributed by atoms with Gasteiger partial charge in [0.25, 0.3) is 5.56 Å². The second-order valence-corrected chi connectivity index (χ2v) is 4.76. The Kier molecular flexibility index (Phi) is 4.64. The van der Waals surface area contributed by atoms with Crippen LogP contribution in [-0.4, -0.2) is 33.8 Å². The lowest BCUT2D eigenvalue weighted by Gasteiger charge is -2.21. The van der Waals surface area contributed by atoms with Crippen LogP contribution >= 0.6 is 0 Å². The fourth-order valence-electron chi connectivity index (χ4n) is 2.43. The molecule has 22 heavy (non-hydrogen) atoms. The lowest BCUT2D eigenvalue weighted by atomic mass is 10.1. The second-order valence-electron chi connectivity index (χ2n) is 4.76. The summed E-state index contributed by atoms with van der Waals surface area (Å²) in [7, 11) is 0. The van der Waals surface area contributed by atoms with Gasteiger partial charge >= 0.3 is 11.7 Å². The van der Waals surface area contributed by atoms with E-state index in [1.165, 1.54) is 13.1 Å². The molecule has 0 bridgehead atoms. The van der Waals surface area contributed by atoms with E-state index in [9.17, 15) is 14.4 Å². The molecule has 0 saturated carbocycles. The van der Waals surface area contributed by atoms with Crippen molar-refractivity contribution in [3.8, 4) is 0 Å². The van der Waals surface area contributed by atoms with E-state index in [1.807, 2.05) is 6.92 Å². The predicted octanol–water partition coefficient (Wildman–Crippen LogP) is 0.455. The number of nitrogens with zero attached hydrogens (tertiary/aromatic N) is 4. The Balaban J connectivity index is 2.47. The highest BCUT2D eigenvalue weighted by Gasteiger charge is 2.46. The van der Waals surface area contributed by atoms with Crippen LogP contribution in [0.1, 0.15) is 26.5 Å². The molecule has 1 unspecified atom stereocenters. The number of esters is 1. The fraction of sp³-hybridized carbons (Fsp3) is 0.583. The average Bonchev–Trinajstić information content (AvgIpc) is 2.77. The molecule has 4 atom stereocenters. The van der Waals surface area contributed by atoms with E-state index in [1.54, 1.807) is 0 Å². The van der Waals surface area contributed by atoms with Crippen molar-refractivity contribution in [1.82, 2.24) is 9.55 Å². The van der Waals surface area contributed by atoms with Crippen LogP contribution in [0.2, 0.25) is 0 Å². The SMILES string of the molecule is CC[C@H]1O[C@@H](n2ccc(=O)[nH]c2=O)C(OC(C)=O)[C@H]1N=[N+]=[N-]. The smallest absolute Gasteiger partial charge is 0.330 e. The molecule has 1 aliphatic heterocycles. The number of aromatic amines is 1. The molecule has 1 N–H and O–H groups in total. The summed E-state index contributed by atoms with van der Waals surface area (Å²) < 4.78 is 12.0. The third-order valence-corrected chi connectivity index (χ3v) is 3.33. The van der Waals surface area contributed by atoms with Gasteiger partial charge in [-0.1, -0.05) is 12.0 Å². The molecule has 1 aromatic rings. The molecule has 2 rings (SSSR count). The molecule has 10 nitrogen and oxygen atoms in total. The van der Waals surface area contributed by atoms with Gasteiger partial charge in [-0.3, -0.25) is 19.1 Å². The van der Waals surface area contributed by atoms with Crippen molar-refractivity contribution in [2.24, 2.45) is 5.11 Å². The summed E-state index contributed by atoms with van der Waals surface area (Å²) in [6.07, 6.45) is -0.705. The third-order valence-electron chi connectivity index (χ3n) is 3.33. The Morgan fingerprint density at radius 1 is 1.59 bits per heavy atom. The van der Waals surface area contributed by atoms with E-state index in [2.05, 4.69) is 15.0 Å². The van der Waals surface area contributed by atoms with Gasteiger partial charge in [0, 0.05) is 24.1 Å². The molecule has 1 saturated heterocycles. The van der Waals surface area contributed by atoms with Crippen molar-refractivity contribution < 1.29 is 14.3 Å². The highest BCUT2D eigenvalue weighted by molar-refractivity contribution is 5.66. The maximum Gasteiger partial charge on any atom is 0.330 e. The van der Waals surface area contributed by atoms with Crippen LogP contribution in [0.25, 0.3) is 10.4 Å². The van der Waals surface area contributed by atoms with Gasteiger partial charge in [-0.15, -0.1) is 0 Å². The first-order valence-corrected chi connectivity index (χ1v) is 6.66. The molecule has 118 valence electrons. The average molecular weight is 309 g/mol. The van der Waals surface area contributed by atoms with Crippen LogP contribution in [0.5, 0.6) is 0 Å². The number of H-pyrrole nitrogens is 1. The zero-order valence-corrected chi connectivity index (χ0v) is 12.0. The van der Waals surface area contributed by atoms with Gasteiger partial charge in [0.15, 0.2) is 12.3 Å². The lowest BCUT2D eigenvalue weighted by Crippen LogP contribution is -2.39. The standard InChI is InChI=1S/C12H15N5O5/c1-3-7-9(15-16-13)10(21-6(2)18)11(22-7)17-5-4-8(19)14-12(17)20/h4-5,7,9-11H,3H2,1-2H3,(H,14,19,20)/t7-,9+,10?,11-/m1/s1. The van der Waals surface area contributed by atoms with E-state index in [-0.39, 0.29) is 0 Å². The Morgan fingerprint density at radius 2 is 2.32 bits per heavy atom. The number of carbonyl (C=O) groups is 1. The fourth-order valence-corrected chi connectivity index (χ4v) is 2.43. The van der Waals surface area contributed by atoms with Crippen molar-refractivity contribution in [3.05, 3.63) is 43.5 Å². The normalized spacial score (nSPS) is 27.2. The molecule has 0 amide bonds. The molecular weight excluding hydrogens is 294 g/mol. The summed E-state index contributed by atoms with van der Waals surface area (Å²) in [5.74, 6) is -0.592. The van der Waals surface area contributed by atoms with Gasteiger partial charge in [0.1, 0.15) is 6.04 Å². The molecular formula is C12H15N5O5. The predicted molar refractivity (Wildman–Crippen MR) is 74.0 cm³/mol. The second kappa shape index (κ2) is 6.46. The number of nitrogens with one attached hydrogen (secondary N) is 1. The summed E-state index contributed by atoms with van der Waals surface area (Å²) in [5, 5.41) is 3.62. The van der Waals surface area contributed by atoms with Gasteiger partial charge < -0.3 is 9.47 Å². The van der Waals surface area contributed by atoms with Crippen molar-refractivity contribution in [1.29, 1.82) is 0 Å². The molecule has 1 aromatic heterocycles.